The average Bonchev–Trinajstić information content (AvgIpc) is 2.60. The third-order valence-electron chi connectivity index (χ3n) is 2.20. The van der Waals surface area contributed by atoms with E-state index in [1.165, 1.54) is 7.11 Å². The van der Waals surface area contributed by atoms with Gasteiger partial charge >= 0.3 is 5.97 Å². The number of H-pyrrole nitrogens is 1. The van der Waals surface area contributed by atoms with Crippen molar-refractivity contribution in [3.05, 3.63) is 27.9 Å². The normalized spacial score (nSPS) is 10.6. The van der Waals surface area contributed by atoms with Gasteiger partial charge in [-0.25, -0.2) is 4.79 Å². The molecule has 1 aromatic heterocycles. The van der Waals surface area contributed by atoms with Crippen LogP contribution in [0.15, 0.2) is 16.6 Å². The van der Waals surface area contributed by atoms with Gasteiger partial charge < -0.3 is 4.74 Å². The number of benzene rings is 1. The van der Waals surface area contributed by atoms with E-state index in [2.05, 4.69) is 30.9 Å². The third-order valence-corrected chi connectivity index (χ3v) is 2.66. The first kappa shape index (κ1) is 10.2. The second-order valence-electron chi connectivity index (χ2n) is 3.21. The zero-order chi connectivity index (χ0) is 11.0. The van der Waals surface area contributed by atoms with Crippen LogP contribution in [0.2, 0.25) is 0 Å². The Hall–Kier alpha value is -1.36. The van der Waals surface area contributed by atoms with E-state index < -0.39 is 5.97 Å². The van der Waals surface area contributed by atoms with Crippen molar-refractivity contribution >= 4 is 32.8 Å². The minimum Gasteiger partial charge on any atom is -0.464 e. The lowest BCUT2D eigenvalue weighted by atomic mass is 10.1. The summed E-state index contributed by atoms with van der Waals surface area (Å²) in [6.45, 7) is 1.93. The summed E-state index contributed by atoms with van der Waals surface area (Å²) in [7, 11) is 1.34. The average molecular weight is 269 g/mol. The highest BCUT2D eigenvalue weighted by atomic mass is 79.9. The highest BCUT2D eigenvalue weighted by molar-refractivity contribution is 9.10. The van der Waals surface area contributed by atoms with E-state index in [0.717, 1.165) is 20.9 Å². The minimum absolute atomic E-state index is 0.331. The Morgan fingerprint density at radius 2 is 2.27 bits per heavy atom. The number of aryl methyl sites for hydroxylation is 1. The SMILES string of the molecule is COC(=O)c1n[nH]c2cc(Br)cc(C)c12. The molecule has 1 N–H and O–H groups in total. The molecule has 2 rings (SSSR count). The fourth-order valence-corrected chi connectivity index (χ4v) is 2.13. The van der Waals surface area contributed by atoms with Crippen molar-refractivity contribution in [1.29, 1.82) is 0 Å². The largest absolute Gasteiger partial charge is 0.464 e. The molecule has 0 saturated carbocycles. The molecule has 1 aromatic carbocycles. The van der Waals surface area contributed by atoms with Crippen LogP contribution < -0.4 is 0 Å². The van der Waals surface area contributed by atoms with Crippen molar-refractivity contribution in [1.82, 2.24) is 10.2 Å². The number of aromatic nitrogens is 2. The number of nitrogens with one attached hydrogen (secondary N) is 1. The predicted octanol–water partition coefficient (Wildman–Crippen LogP) is 2.42. The molecular formula is C10H9BrN2O2. The van der Waals surface area contributed by atoms with Crippen LogP contribution in [-0.2, 0) is 4.74 Å². The first-order valence-electron chi connectivity index (χ1n) is 4.36. The summed E-state index contributed by atoms with van der Waals surface area (Å²) in [6.07, 6.45) is 0. The van der Waals surface area contributed by atoms with E-state index in [9.17, 15) is 4.79 Å². The molecule has 15 heavy (non-hydrogen) atoms. The topological polar surface area (TPSA) is 55.0 Å². The summed E-state index contributed by atoms with van der Waals surface area (Å²) >= 11 is 3.38. The molecule has 0 bridgehead atoms. The second kappa shape index (κ2) is 3.66. The number of rotatable bonds is 1. The highest BCUT2D eigenvalue weighted by Crippen LogP contribution is 2.25. The Labute approximate surface area is 94.7 Å². The van der Waals surface area contributed by atoms with Gasteiger partial charge in [-0.2, -0.15) is 5.10 Å². The number of carbonyl (C=O) groups excluding carboxylic acids is 1. The molecule has 0 aliphatic carbocycles. The van der Waals surface area contributed by atoms with E-state index in [1.54, 1.807) is 0 Å². The Morgan fingerprint density at radius 3 is 2.93 bits per heavy atom. The van der Waals surface area contributed by atoms with Crippen LogP contribution in [0.5, 0.6) is 0 Å². The Bertz CT molecular complexity index is 533. The summed E-state index contributed by atoms with van der Waals surface area (Å²) < 4.78 is 5.61. The number of hydrogen-bond acceptors (Lipinski definition) is 3. The summed E-state index contributed by atoms with van der Waals surface area (Å²) in [4.78, 5) is 11.4. The fourth-order valence-electron chi connectivity index (χ4n) is 1.56. The molecule has 0 unspecified atom stereocenters. The van der Waals surface area contributed by atoms with Crippen LogP contribution in [0, 0.1) is 6.92 Å². The summed E-state index contributed by atoms with van der Waals surface area (Å²) in [5.74, 6) is -0.424. The van der Waals surface area contributed by atoms with Crippen molar-refractivity contribution in [3.63, 3.8) is 0 Å². The van der Waals surface area contributed by atoms with E-state index in [1.807, 2.05) is 19.1 Å². The molecule has 78 valence electrons. The first-order chi connectivity index (χ1) is 7.13. The van der Waals surface area contributed by atoms with E-state index in [4.69, 9.17) is 0 Å². The quantitative estimate of drug-likeness (QED) is 0.809. The van der Waals surface area contributed by atoms with Gasteiger partial charge in [-0.1, -0.05) is 15.9 Å². The third kappa shape index (κ3) is 1.63. The molecule has 0 aliphatic rings. The number of ether oxygens (including phenoxy) is 1. The van der Waals surface area contributed by atoms with E-state index in [-0.39, 0.29) is 0 Å². The molecule has 1 heterocycles. The molecular weight excluding hydrogens is 260 g/mol. The zero-order valence-electron chi connectivity index (χ0n) is 8.30. The molecule has 5 heteroatoms. The molecule has 0 fully saturated rings. The number of carbonyl (C=O) groups is 1. The predicted molar refractivity (Wildman–Crippen MR) is 59.9 cm³/mol. The van der Waals surface area contributed by atoms with Crippen LogP contribution in [0.3, 0.4) is 0 Å². The number of halogens is 1. The van der Waals surface area contributed by atoms with Crippen molar-refractivity contribution in [2.75, 3.05) is 7.11 Å². The van der Waals surface area contributed by atoms with Crippen LogP contribution >= 0.6 is 15.9 Å². The van der Waals surface area contributed by atoms with Gasteiger partial charge in [0.15, 0.2) is 5.69 Å². The lowest BCUT2D eigenvalue weighted by Gasteiger charge is -1.99. The molecule has 0 saturated heterocycles. The van der Waals surface area contributed by atoms with E-state index in [0.29, 0.717) is 5.69 Å². The van der Waals surface area contributed by atoms with Gasteiger partial charge in [-0.05, 0) is 24.6 Å². The molecule has 0 radical (unpaired) electrons. The molecule has 4 nitrogen and oxygen atoms in total. The standard InChI is InChI=1S/C10H9BrN2O2/c1-5-3-6(11)4-7-8(5)9(13-12-7)10(14)15-2/h3-4H,1-2H3,(H,12,13). The van der Waals surface area contributed by atoms with E-state index >= 15 is 0 Å². The molecule has 2 aromatic rings. The lowest BCUT2D eigenvalue weighted by molar-refractivity contribution is 0.0596. The van der Waals surface area contributed by atoms with Crippen LogP contribution in [0.1, 0.15) is 16.1 Å². The molecule has 0 spiro atoms. The number of nitrogens with zero attached hydrogens (tertiary/aromatic N) is 1. The number of methoxy groups -OCH3 is 1. The van der Waals surface area contributed by atoms with Crippen molar-refractivity contribution in [3.8, 4) is 0 Å². The maximum atomic E-state index is 11.4. The number of esters is 1. The van der Waals surface area contributed by atoms with Gasteiger partial charge in [-0.15, -0.1) is 0 Å². The minimum atomic E-state index is -0.424. The van der Waals surface area contributed by atoms with Gasteiger partial charge in [0.1, 0.15) is 0 Å². The van der Waals surface area contributed by atoms with Crippen molar-refractivity contribution in [2.45, 2.75) is 6.92 Å². The molecule has 0 amide bonds. The number of hydrogen-bond donors (Lipinski definition) is 1. The Balaban J connectivity index is 2.74. The smallest absolute Gasteiger partial charge is 0.359 e. The van der Waals surface area contributed by atoms with Crippen LogP contribution in [0.25, 0.3) is 10.9 Å². The maximum absolute atomic E-state index is 11.4. The van der Waals surface area contributed by atoms with Gasteiger partial charge in [0.05, 0.1) is 12.6 Å². The molecule has 0 aliphatic heterocycles. The number of fused-ring (bicyclic) bond motifs is 1. The summed E-state index contributed by atoms with van der Waals surface area (Å²) in [6, 6.07) is 3.81. The second-order valence-corrected chi connectivity index (χ2v) is 4.12. The van der Waals surface area contributed by atoms with Gasteiger partial charge in [-0.3, -0.25) is 5.10 Å². The monoisotopic (exact) mass is 268 g/mol. The number of aromatic amines is 1. The fraction of sp³-hybridized carbons (Fsp3) is 0.200. The lowest BCUT2D eigenvalue weighted by Crippen LogP contribution is -2.02. The summed E-state index contributed by atoms with van der Waals surface area (Å²) in [5.41, 5.74) is 2.13. The van der Waals surface area contributed by atoms with Gasteiger partial charge in [0.2, 0.25) is 0 Å². The van der Waals surface area contributed by atoms with Crippen LogP contribution in [0.4, 0.5) is 0 Å². The van der Waals surface area contributed by atoms with Gasteiger partial charge in [0.25, 0.3) is 0 Å². The zero-order valence-corrected chi connectivity index (χ0v) is 9.88. The Morgan fingerprint density at radius 1 is 1.53 bits per heavy atom. The maximum Gasteiger partial charge on any atom is 0.359 e. The Kier molecular flexibility index (Phi) is 2.48. The van der Waals surface area contributed by atoms with Crippen molar-refractivity contribution in [2.24, 2.45) is 0 Å². The molecule has 0 atom stereocenters. The summed E-state index contributed by atoms with van der Waals surface area (Å²) in [5, 5.41) is 7.56. The van der Waals surface area contributed by atoms with Crippen LogP contribution in [-0.4, -0.2) is 23.3 Å². The highest BCUT2D eigenvalue weighted by Gasteiger charge is 2.16. The first-order valence-corrected chi connectivity index (χ1v) is 5.15. The van der Waals surface area contributed by atoms with Crippen molar-refractivity contribution < 1.29 is 9.53 Å². The van der Waals surface area contributed by atoms with Gasteiger partial charge in [0, 0.05) is 9.86 Å².